The Balaban J connectivity index is 2.39. The molecule has 0 spiro atoms. The molecule has 1 N–H and O–H groups in total. The van der Waals surface area contributed by atoms with Gasteiger partial charge in [-0.1, -0.05) is 29.8 Å². The summed E-state index contributed by atoms with van der Waals surface area (Å²) in [5.41, 5.74) is 2.68. The number of ether oxygens (including phenoxy) is 2. The molecule has 1 aromatic heterocycles. The number of para-hydroxylation sites is 1. The first-order valence-corrected chi connectivity index (χ1v) is 6.77. The van der Waals surface area contributed by atoms with Gasteiger partial charge in [0.2, 0.25) is 0 Å². The molecule has 2 aromatic carbocycles. The van der Waals surface area contributed by atoms with Gasteiger partial charge in [0.25, 0.3) is 5.88 Å². The molecule has 0 unspecified atom stereocenters. The van der Waals surface area contributed by atoms with Crippen LogP contribution in [0.25, 0.3) is 16.6 Å². The van der Waals surface area contributed by atoms with Crippen molar-refractivity contribution in [2.24, 2.45) is 0 Å². The first-order valence-electron chi connectivity index (χ1n) is 6.77. The van der Waals surface area contributed by atoms with Gasteiger partial charge in [-0.25, -0.2) is 4.79 Å². The van der Waals surface area contributed by atoms with Gasteiger partial charge in [-0.2, -0.15) is 0 Å². The maximum atomic E-state index is 11.1. The maximum absolute atomic E-state index is 11.1. The number of hydrogen-bond acceptors (Lipinski definition) is 3. The molecular weight excluding hydrogens is 282 g/mol. The molecule has 3 rings (SSSR count). The van der Waals surface area contributed by atoms with Crippen molar-refractivity contribution < 1.29 is 19.4 Å². The van der Waals surface area contributed by atoms with Gasteiger partial charge in [0.05, 0.1) is 12.6 Å². The van der Waals surface area contributed by atoms with E-state index < -0.39 is 6.16 Å². The quantitative estimate of drug-likeness (QED) is 0.742. The molecular formula is C17H15NO4. The summed E-state index contributed by atoms with van der Waals surface area (Å²) in [6.45, 7) is 1.97. The average molecular weight is 297 g/mol. The van der Waals surface area contributed by atoms with E-state index in [2.05, 4.69) is 0 Å². The van der Waals surface area contributed by atoms with Crippen LogP contribution in [0.2, 0.25) is 0 Å². The SMILES string of the molecule is COc1c(OC(=O)O)n(-c2ccccc2)c2ccc(C)cc12. The van der Waals surface area contributed by atoms with E-state index in [0.29, 0.717) is 5.75 Å². The first-order chi connectivity index (χ1) is 10.6. The van der Waals surface area contributed by atoms with Crippen LogP contribution in [0.1, 0.15) is 5.56 Å². The summed E-state index contributed by atoms with van der Waals surface area (Å²) in [6.07, 6.45) is -1.38. The predicted molar refractivity (Wildman–Crippen MR) is 83.2 cm³/mol. The zero-order chi connectivity index (χ0) is 15.7. The highest BCUT2D eigenvalue weighted by molar-refractivity contribution is 5.93. The first kappa shape index (κ1) is 14.0. The minimum Gasteiger partial charge on any atom is -0.491 e. The van der Waals surface area contributed by atoms with Crippen LogP contribution in [-0.2, 0) is 0 Å². The molecule has 1 heterocycles. The van der Waals surface area contributed by atoms with Crippen molar-refractivity contribution in [3.05, 3.63) is 54.1 Å². The van der Waals surface area contributed by atoms with Crippen molar-refractivity contribution in [2.45, 2.75) is 6.92 Å². The molecule has 0 saturated carbocycles. The van der Waals surface area contributed by atoms with Crippen molar-refractivity contribution >= 4 is 17.1 Å². The third-order valence-corrected chi connectivity index (χ3v) is 3.44. The van der Waals surface area contributed by atoms with Gasteiger partial charge in [-0.15, -0.1) is 0 Å². The fourth-order valence-corrected chi connectivity index (χ4v) is 2.56. The smallest absolute Gasteiger partial charge is 0.491 e. The van der Waals surface area contributed by atoms with Crippen molar-refractivity contribution in [1.29, 1.82) is 0 Å². The van der Waals surface area contributed by atoms with Crippen molar-refractivity contribution in [3.8, 4) is 17.3 Å². The molecule has 5 nitrogen and oxygen atoms in total. The Morgan fingerprint density at radius 3 is 2.50 bits per heavy atom. The number of carbonyl (C=O) groups is 1. The van der Waals surface area contributed by atoms with Crippen LogP contribution in [0.4, 0.5) is 4.79 Å². The molecule has 0 radical (unpaired) electrons. The van der Waals surface area contributed by atoms with Crippen LogP contribution in [0.15, 0.2) is 48.5 Å². The largest absolute Gasteiger partial charge is 0.512 e. The normalized spacial score (nSPS) is 10.6. The minimum atomic E-state index is -1.38. The van der Waals surface area contributed by atoms with E-state index >= 15 is 0 Å². The molecule has 0 bridgehead atoms. The van der Waals surface area contributed by atoms with Crippen LogP contribution < -0.4 is 9.47 Å². The van der Waals surface area contributed by atoms with E-state index in [4.69, 9.17) is 14.6 Å². The Hall–Kier alpha value is -2.95. The molecule has 0 aliphatic rings. The maximum Gasteiger partial charge on any atom is 0.512 e. The van der Waals surface area contributed by atoms with E-state index in [1.165, 1.54) is 7.11 Å². The second kappa shape index (κ2) is 5.44. The zero-order valence-electron chi connectivity index (χ0n) is 12.2. The van der Waals surface area contributed by atoms with Crippen LogP contribution in [0.5, 0.6) is 11.6 Å². The summed E-state index contributed by atoms with van der Waals surface area (Å²) in [7, 11) is 1.50. The number of aryl methyl sites for hydroxylation is 1. The van der Waals surface area contributed by atoms with E-state index in [1.54, 1.807) is 4.57 Å². The van der Waals surface area contributed by atoms with Crippen molar-refractivity contribution in [3.63, 3.8) is 0 Å². The van der Waals surface area contributed by atoms with Gasteiger partial charge >= 0.3 is 6.16 Å². The molecule has 0 atom stereocenters. The van der Waals surface area contributed by atoms with Crippen molar-refractivity contribution in [2.75, 3.05) is 7.11 Å². The Morgan fingerprint density at radius 2 is 1.86 bits per heavy atom. The molecule has 22 heavy (non-hydrogen) atoms. The zero-order valence-corrected chi connectivity index (χ0v) is 12.2. The average Bonchev–Trinajstić information content (AvgIpc) is 2.79. The third-order valence-electron chi connectivity index (χ3n) is 3.44. The van der Waals surface area contributed by atoms with E-state index in [1.807, 2.05) is 55.5 Å². The number of rotatable bonds is 3. The van der Waals surface area contributed by atoms with Gasteiger partial charge in [0.15, 0.2) is 5.75 Å². The van der Waals surface area contributed by atoms with Gasteiger partial charge in [0, 0.05) is 11.1 Å². The number of methoxy groups -OCH3 is 1. The Bertz CT molecular complexity index is 837. The summed E-state index contributed by atoms with van der Waals surface area (Å²) in [5, 5.41) is 9.85. The van der Waals surface area contributed by atoms with Crippen molar-refractivity contribution in [1.82, 2.24) is 4.57 Å². The molecule has 0 fully saturated rings. The fourth-order valence-electron chi connectivity index (χ4n) is 2.56. The summed E-state index contributed by atoms with van der Waals surface area (Å²) in [4.78, 5) is 11.1. The van der Waals surface area contributed by atoms with Gasteiger partial charge in [-0.3, -0.25) is 4.57 Å². The molecule has 3 aromatic rings. The second-order valence-electron chi connectivity index (χ2n) is 4.90. The Kier molecular flexibility index (Phi) is 3.47. The van der Waals surface area contributed by atoms with Crippen LogP contribution >= 0.6 is 0 Å². The number of aromatic nitrogens is 1. The lowest BCUT2D eigenvalue weighted by Gasteiger charge is -2.09. The molecule has 0 amide bonds. The van der Waals surface area contributed by atoms with E-state index in [0.717, 1.165) is 22.2 Å². The fraction of sp³-hybridized carbons (Fsp3) is 0.118. The third kappa shape index (κ3) is 2.26. The lowest BCUT2D eigenvalue weighted by atomic mass is 10.2. The highest BCUT2D eigenvalue weighted by Gasteiger charge is 2.22. The lowest BCUT2D eigenvalue weighted by Crippen LogP contribution is -2.08. The number of carboxylic acid groups (broad SMARTS) is 1. The summed E-state index contributed by atoms with van der Waals surface area (Å²) in [6, 6.07) is 15.3. The highest BCUT2D eigenvalue weighted by atomic mass is 16.7. The number of hydrogen-bond donors (Lipinski definition) is 1. The molecule has 112 valence electrons. The van der Waals surface area contributed by atoms with Crippen LogP contribution in [0.3, 0.4) is 0 Å². The molecule has 5 heteroatoms. The van der Waals surface area contributed by atoms with Gasteiger partial charge in [-0.05, 0) is 31.2 Å². The predicted octanol–water partition coefficient (Wildman–Crippen LogP) is 4.00. The molecule has 0 aliphatic heterocycles. The highest BCUT2D eigenvalue weighted by Crippen LogP contribution is 2.41. The van der Waals surface area contributed by atoms with E-state index in [9.17, 15) is 4.79 Å². The molecule has 0 saturated heterocycles. The lowest BCUT2D eigenvalue weighted by molar-refractivity contribution is 0.140. The Morgan fingerprint density at radius 1 is 1.14 bits per heavy atom. The number of benzene rings is 2. The summed E-state index contributed by atoms with van der Waals surface area (Å²) < 4.78 is 12.1. The van der Waals surface area contributed by atoms with Gasteiger partial charge < -0.3 is 14.6 Å². The summed E-state index contributed by atoms with van der Waals surface area (Å²) >= 11 is 0. The van der Waals surface area contributed by atoms with E-state index in [-0.39, 0.29) is 5.88 Å². The number of fused-ring (bicyclic) bond motifs is 1. The second-order valence-corrected chi connectivity index (χ2v) is 4.90. The topological polar surface area (TPSA) is 60.7 Å². The molecule has 0 aliphatic carbocycles. The van der Waals surface area contributed by atoms with Crippen LogP contribution in [-0.4, -0.2) is 22.9 Å². The summed E-state index contributed by atoms with van der Waals surface area (Å²) in [5.74, 6) is 0.562. The minimum absolute atomic E-state index is 0.154. The standard InChI is InChI=1S/C17H15NO4/c1-11-8-9-14-13(10-11)15(21-2)16(22-17(19)20)18(14)12-6-4-3-5-7-12/h3-10H,1-2H3,(H,19,20). The van der Waals surface area contributed by atoms with Crippen LogP contribution in [0, 0.1) is 6.92 Å². The monoisotopic (exact) mass is 297 g/mol. The number of nitrogens with zero attached hydrogens (tertiary/aromatic N) is 1. The Labute approximate surface area is 127 Å². The van der Waals surface area contributed by atoms with Gasteiger partial charge in [0.1, 0.15) is 0 Å².